The molecule has 1 N–H and O–H groups in total. The van der Waals surface area contributed by atoms with Crippen LogP contribution in [0.25, 0.3) is 11.0 Å². The summed E-state index contributed by atoms with van der Waals surface area (Å²) >= 11 is 0. The fraction of sp³-hybridized carbons (Fsp3) is 0.471. The molecule has 2 aromatic rings. The number of hydrogen-bond donors (Lipinski definition) is 1. The quantitative estimate of drug-likeness (QED) is 0.831. The van der Waals surface area contributed by atoms with Crippen LogP contribution in [0.5, 0.6) is 0 Å². The molecule has 21 heavy (non-hydrogen) atoms. The first-order chi connectivity index (χ1) is 10.3. The van der Waals surface area contributed by atoms with Crippen LogP contribution in [0.1, 0.15) is 19.3 Å². The van der Waals surface area contributed by atoms with E-state index in [1.165, 1.54) is 6.42 Å². The number of para-hydroxylation sites is 2. The molecule has 3 rings (SSSR count). The van der Waals surface area contributed by atoms with Gasteiger partial charge in [0.1, 0.15) is 0 Å². The molecule has 0 unspecified atom stereocenters. The molecule has 0 radical (unpaired) electrons. The average molecular weight is 286 g/mol. The molecule has 1 aliphatic carbocycles. The molecule has 0 bridgehead atoms. The highest BCUT2D eigenvalue weighted by Crippen LogP contribution is 2.18. The highest BCUT2D eigenvalue weighted by Gasteiger charge is 2.12. The van der Waals surface area contributed by atoms with Crippen molar-refractivity contribution in [1.82, 2.24) is 9.55 Å². The maximum Gasteiger partial charge on any atom is 0.0959 e. The number of allylic oxidation sites excluding steroid dienone is 2. The van der Waals surface area contributed by atoms with Crippen LogP contribution in [0.2, 0.25) is 0 Å². The minimum absolute atomic E-state index is 0.382. The highest BCUT2D eigenvalue weighted by molar-refractivity contribution is 5.74. The molecule has 0 aliphatic heterocycles. The number of fused-ring (bicyclic) bond motifs is 1. The molecule has 0 amide bonds. The fourth-order valence-electron chi connectivity index (χ4n) is 2.81. The van der Waals surface area contributed by atoms with Gasteiger partial charge in [-0.3, -0.25) is 0 Å². The molecule has 0 saturated heterocycles. The summed E-state index contributed by atoms with van der Waals surface area (Å²) in [5.74, 6) is 0.608. The number of nitrogens with zero attached hydrogens (tertiary/aromatic N) is 2. The smallest absolute Gasteiger partial charge is 0.0959 e. The van der Waals surface area contributed by atoms with Crippen molar-refractivity contribution in [3.05, 3.63) is 42.7 Å². The Balaban J connectivity index is 1.47. The predicted octanol–water partition coefficient (Wildman–Crippen LogP) is 2.77. The zero-order valence-electron chi connectivity index (χ0n) is 12.2. The maximum atomic E-state index is 10.1. The molecule has 1 aliphatic rings. The van der Waals surface area contributed by atoms with Gasteiger partial charge in [-0.2, -0.15) is 0 Å². The van der Waals surface area contributed by atoms with Crippen molar-refractivity contribution in [2.75, 3.05) is 13.2 Å². The Hall–Kier alpha value is -1.65. The predicted molar refractivity (Wildman–Crippen MR) is 83.0 cm³/mol. The third kappa shape index (κ3) is 3.71. The molecular weight excluding hydrogens is 264 g/mol. The van der Waals surface area contributed by atoms with Gasteiger partial charge < -0.3 is 14.4 Å². The summed E-state index contributed by atoms with van der Waals surface area (Å²) < 4.78 is 7.66. The lowest BCUT2D eigenvalue weighted by atomic mass is 9.95. The fourth-order valence-corrected chi connectivity index (χ4v) is 2.81. The molecule has 0 saturated carbocycles. The van der Waals surface area contributed by atoms with E-state index in [-0.39, 0.29) is 0 Å². The second-order valence-electron chi connectivity index (χ2n) is 5.73. The summed E-state index contributed by atoms with van der Waals surface area (Å²) in [6.07, 6.45) is 9.18. The van der Waals surface area contributed by atoms with E-state index in [1.54, 1.807) is 6.33 Å². The number of imidazole rings is 1. The molecule has 1 aromatic carbocycles. The van der Waals surface area contributed by atoms with Crippen LogP contribution in [0.15, 0.2) is 42.7 Å². The lowest BCUT2D eigenvalue weighted by molar-refractivity contribution is 0.0131. The van der Waals surface area contributed by atoms with E-state index in [4.69, 9.17) is 4.74 Å². The first kappa shape index (κ1) is 14.3. The zero-order valence-corrected chi connectivity index (χ0v) is 12.2. The first-order valence-electron chi connectivity index (χ1n) is 7.63. The molecule has 112 valence electrons. The Morgan fingerprint density at radius 2 is 2.24 bits per heavy atom. The highest BCUT2D eigenvalue weighted by atomic mass is 16.5. The molecule has 4 heteroatoms. The van der Waals surface area contributed by atoms with Gasteiger partial charge in [-0.05, 0) is 37.3 Å². The van der Waals surface area contributed by atoms with Crippen molar-refractivity contribution in [3.8, 4) is 0 Å². The van der Waals surface area contributed by atoms with Gasteiger partial charge in [0.2, 0.25) is 0 Å². The van der Waals surface area contributed by atoms with Crippen LogP contribution in [0.4, 0.5) is 0 Å². The van der Waals surface area contributed by atoms with Crippen molar-refractivity contribution in [2.24, 2.45) is 5.92 Å². The standard InChI is InChI=1S/C17H22N2O2/c20-15(12-21-11-14-6-2-1-3-7-14)10-19-13-18-16-8-4-5-9-17(16)19/h1-2,4-5,8-9,13-15,20H,3,6-7,10-12H2/t14-,15-/m0/s1. The molecule has 1 aromatic heterocycles. The molecular formula is C17H22N2O2. The Kier molecular flexibility index (Phi) is 4.68. The first-order valence-corrected chi connectivity index (χ1v) is 7.63. The van der Waals surface area contributed by atoms with E-state index in [9.17, 15) is 5.11 Å². The second-order valence-corrected chi connectivity index (χ2v) is 5.73. The van der Waals surface area contributed by atoms with Gasteiger partial charge in [0.25, 0.3) is 0 Å². The van der Waals surface area contributed by atoms with E-state index >= 15 is 0 Å². The molecule has 2 atom stereocenters. The number of aromatic nitrogens is 2. The van der Waals surface area contributed by atoms with Crippen LogP contribution in [0, 0.1) is 5.92 Å². The summed E-state index contributed by atoms with van der Waals surface area (Å²) in [6.45, 7) is 1.64. The van der Waals surface area contributed by atoms with Crippen LogP contribution in [-0.2, 0) is 11.3 Å². The molecule has 0 fully saturated rings. The second kappa shape index (κ2) is 6.87. The third-order valence-corrected chi connectivity index (χ3v) is 3.98. The van der Waals surface area contributed by atoms with Gasteiger partial charge in [0.15, 0.2) is 0 Å². The molecule has 4 nitrogen and oxygen atoms in total. The Morgan fingerprint density at radius 3 is 3.10 bits per heavy atom. The minimum atomic E-state index is -0.498. The number of hydrogen-bond acceptors (Lipinski definition) is 3. The monoisotopic (exact) mass is 286 g/mol. The number of rotatable bonds is 6. The Morgan fingerprint density at radius 1 is 1.33 bits per heavy atom. The van der Waals surface area contributed by atoms with E-state index in [1.807, 2.05) is 28.8 Å². The zero-order chi connectivity index (χ0) is 14.5. The lowest BCUT2D eigenvalue weighted by Gasteiger charge is -2.19. The minimum Gasteiger partial charge on any atom is -0.389 e. The van der Waals surface area contributed by atoms with Gasteiger partial charge in [-0.25, -0.2) is 4.98 Å². The van der Waals surface area contributed by atoms with Crippen LogP contribution >= 0.6 is 0 Å². The van der Waals surface area contributed by atoms with E-state index in [0.717, 1.165) is 30.5 Å². The largest absolute Gasteiger partial charge is 0.389 e. The Bertz CT molecular complexity index is 606. The summed E-state index contributed by atoms with van der Waals surface area (Å²) in [4.78, 5) is 4.33. The van der Waals surface area contributed by atoms with Crippen LogP contribution < -0.4 is 0 Å². The number of ether oxygens (including phenoxy) is 1. The van der Waals surface area contributed by atoms with E-state index in [0.29, 0.717) is 19.1 Å². The summed E-state index contributed by atoms with van der Waals surface area (Å²) in [5.41, 5.74) is 2.01. The van der Waals surface area contributed by atoms with Crippen molar-refractivity contribution >= 4 is 11.0 Å². The number of benzene rings is 1. The van der Waals surface area contributed by atoms with Crippen molar-refractivity contribution in [1.29, 1.82) is 0 Å². The van der Waals surface area contributed by atoms with E-state index < -0.39 is 6.10 Å². The molecule has 1 heterocycles. The van der Waals surface area contributed by atoms with Crippen molar-refractivity contribution in [2.45, 2.75) is 31.9 Å². The molecule has 0 spiro atoms. The van der Waals surface area contributed by atoms with Gasteiger partial charge in [0, 0.05) is 6.61 Å². The number of aliphatic hydroxyl groups is 1. The number of aliphatic hydroxyl groups excluding tert-OH is 1. The maximum absolute atomic E-state index is 10.1. The third-order valence-electron chi connectivity index (χ3n) is 3.98. The van der Waals surface area contributed by atoms with Gasteiger partial charge in [-0.15, -0.1) is 0 Å². The van der Waals surface area contributed by atoms with E-state index in [2.05, 4.69) is 17.1 Å². The summed E-state index contributed by atoms with van der Waals surface area (Å²) in [5, 5.41) is 10.1. The average Bonchev–Trinajstić information content (AvgIpc) is 2.92. The van der Waals surface area contributed by atoms with Crippen LogP contribution in [0.3, 0.4) is 0 Å². The van der Waals surface area contributed by atoms with Gasteiger partial charge in [0.05, 0.1) is 36.6 Å². The normalized spacial score (nSPS) is 20.0. The summed E-state index contributed by atoms with van der Waals surface area (Å²) in [6, 6.07) is 7.95. The lowest BCUT2D eigenvalue weighted by Crippen LogP contribution is -2.23. The Labute approximate surface area is 125 Å². The van der Waals surface area contributed by atoms with Crippen molar-refractivity contribution < 1.29 is 9.84 Å². The topological polar surface area (TPSA) is 47.3 Å². The summed E-state index contributed by atoms with van der Waals surface area (Å²) in [7, 11) is 0. The SMILES string of the molecule is O[C@H](COC[C@H]1CC=CCC1)Cn1cnc2ccccc21. The van der Waals surface area contributed by atoms with Gasteiger partial charge in [-0.1, -0.05) is 24.3 Å². The van der Waals surface area contributed by atoms with Gasteiger partial charge >= 0.3 is 0 Å². The van der Waals surface area contributed by atoms with Crippen LogP contribution in [-0.4, -0.2) is 34.0 Å². The van der Waals surface area contributed by atoms with Crippen molar-refractivity contribution in [3.63, 3.8) is 0 Å².